The van der Waals surface area contributed by atoms with E-state index in [9.17, 15) is 4.79 Å². The average molecular weight is 516 g/mol. The van der Waals surface area contributed by atoms with Crippen molar-refractivity contribution in [3.05, 3.63) is 34.4 Å². The van der Waals surface area contributed by atoms with E-state index in [1.807, 2.05) is 13.8 Å². The maximum atomic E-state index is 15.5. The summed E-state index contributed by atoms with van der Waals surface area (Å²) in [5, 5.41) is 8.32. The van der Waals surface area contributed by atoms with Crippen LogP contribution < -0.4 is 10.2 Å². The zero-order valence-electron chi connectivity index (χ0n) is 22.2. The number of anilines is 1. The molecule has 3 atom stereocenters. The summed E-state index contributed by atoms with van der Waals surface area (Å²) in [7, 11) is 4.14. The maximum Gasteiger partial charge on any atom is 0.243 e. The van der Waals surface area contributed by atoms with E-state index in [1.165, 1.54) is 16.2 Å². The minimum atomic E-state index is -0.413. The number of likely N-dealkylation sites (N-methyl/N-ethyl adjacent to an activating group) is 1. The fourth-order valence-electron chi connectivity index (χ4n) is 5.14. The fourth-order valence-corrected chi connectivity index (χ4v) is 5.43. The molecular formula is C27H39FN5O2P. The second kappa shape index (κ2) is 11.5. The Morgan fingerprint density at radius 3 is 2.83 bits per heavy atom. The molecule has 36 heavy (non-hydrogen) atoms. The van der Waals surface area contributed by atoms with E-state index in [-0.39, 0.29) is 17.6 Å². The van der Waals surface area contributed by atoms with Crippen LogP contribution in [0.15, 0.2) is 11.1 Å². The number of ether oxygens (including phenoxy) is 1. The van der Waals surface area contributed by atoms with Crippen LogP contribution in [-0.2, 0) is 22.4 Å². The monoisotopic (exact) mass is 515 g/mol. The molecule has 0 radical (unpaired) electrons. The molecule has 1 saturated heterocycles. The number of fused-ring (bicyclic) bond motifs is 1. The lowest BCUT2D eigenvalue weighted by molar-refractivity contribution is -0.124. The SMILES string of the molecule is CCCC(=Nc1cc(N(C)C(=O)C(C)N2CCOCC2)c(F)c(P)c1C)c1n[nH]c2c1C[C@@H](C)CC2. The molecule has 4 rings (SSSR count). The number of carbonyl (C=O) groups is 1. The van der Waals surface area contributed by atoms with Crippen LogP contribution in [0.4, 0.5) is 15.8 Å². The highest BCUT2D eigenvalue weighted by Crippen LogP contribution is 2.32. The van der Waals surface area contributed by atoms with E-state index in [0.717, 1.165) is 49.1 Å². The van der Waals surface area contributed by atoms with Crippen LogP contribution in [0.3, 0.4) is 0 Å². The van der Waals surface area contributed by atoms with Crippen LogP contribution in [0, 0.1) is 18.7 Å². The van der Waals surface area contributed by atoms with E-state index < -0.39 is 5.82 Å². The van der Waals surface area contributed by atoms with Crippen molar-refractivity contribution in [3.63, 3.8) is 0 Å². The van der Waals surface area contributed by atoms with Gasteiger partial charge in [0, 0.05) is 36.7 Å². The number of aromatic nitrogens is 2. The highest BCUT2D eigenvalue weighted by atomic mass is 31.0. The Labute approximate surface area is 216 Å². The summed E-state index contributed by atoms with van der Waals surface area (Å²) in [6.45, 7) is 10.7. The van der Waals surface area contributed by atoms with Gasteiger partial charge in [-0.2, -0.15) is 5.10 Å². The molecule has 196 valence electrons. The van der Waals surface area contributed by atoms with Crippen LogP contribution in [0.2, 0.25) is 0 Å². The van der Waals surface area contributed by atoms with E-state index in [4.69, 9.17) is 9.73 Å². The van der Waals surface area contributed by atoms with Crippen LogP contribution in [-0.4, -0.2) is 66.1 Å². The minimum Gasteiger partial charge on any atom is -0.379 e. The first kappa shape index (κ1) is 26.9. The Kier molecular flexibility index (Phi) is 8.59. The third-order valence-corrected chi connectivity index (χ3v) is 8.26. The van der Waals surface area contributed by atoms with Gasteiger partial charge in [0.25, 0.3) is 0 Å². The second-order valence-electron chi connectivity index (χ2n) is 10.2. The van der Waals surface area contributed by atoms with Crippen molar-refractivity contribution in [2.24, 2.45) is 10.9 Å². The molecule has 7 nitrogen and oxygen atoms in total. The topological polar surface area (TPSA) is 73.8 Å². The summed E-state index contributed by atoms with van der Waals surface area (Å²) in [4.78, 5) is 21.9. The van der Waals surface area contributed by atoms with Crippen molar-refractivity contribution in [1.29, 1.82) is 0 Å². The molecule has 1 fully saturated rings. The highest BCUT2D eigenvalue weighted by Gasteiger charge is 2.29. The van der Waals surface area contributed by atoms with Gasteiger partial charge in [0.05, 0.1) is 36.3 Å². The summed E-state index contributed by atoms with van der Waals surface area (Å²) < 4.78 is 20.9. The largest absolute Gasteiger partial charge is 0.379 e. The van der Waals surface area contributed by atoms with Crippen molar-refractivity contribution in [2.45, 2.75) is 65.8 Å². The number of halogens is 1. The lowest BCUT2D eigenvalue weighted by Gasteiger charge is -2.33. The van der Waals surface area contributed by atoms with Gasteiger partial charge in [0.1, 0.15) is 5.69 Å². The predicted octanol–water partition coefficient (Wildman–Crippen LogP) is 4.09. The number of aliphatic imine (C=N–C) groups is 1. The quantitative estimate of drug-likeness (QED) is 0.445. The molecule has 2 aromatic rings. The summed E-state index contributed by atoms with van der Waals surface area (Å²) in [5.74, 6) is 0.0512. The van der Waals surface area contributed by atoms with E-state index in [0.29, 0.717) is 43.2 Å². The van der Waals surface area contributed by atoms with Gasteiger partial charge in [0.15, 0.2) is 5.82 Å². The third kappa shape index (κ3) is 5.41. The van der Waals surface area contributed by atoms with Crippen LogP contribution in [0.25, 0.3) is 0 Å². The molecule has 1 aliphatic carbocycles. The lowest BCUT2D eigenvalue weighted by atomic mass is 9.86. The average Bonchev–Trinajstić information content (AvgIpc) is 3.30. The number of nitrogens with one attached hydrogen (secondary N) is 1. The maximum absolute atomic E-state index is 15.5. The second-order valence-corrected chi connectivity index (χ2v) is 10.8. The molecule has 9 heteroatoms. The van der Waals surface area contributed by atoms with Crippen molar-refractivity contribution in [1.82, 2.24) is 15.1 Å². The number of hydrogen-bond donors (Lipinski definition) is 1. The summed E-state index contributed by atoms with van der Waals surface area (Å²) in [5.41, 5.74) is 5.96. The highest BCUT2D eigenvalue weighted by molar-refractivity contribution is 7.27. The summed E-state index contributed by atoms with van der Waals surface area (Å²) in [6.07, 6.45) is 4.85. The number of carbonyl (C=O) groups excluding carboxylic acids is 1. The number of amides is 1. The molecule has 0 bridgehead atoms. The van der Waals surface area contributed by atoms with E-state index in [2.05, 4.69) is 38.2 Å². The third-order valence-electron chi connectivity index (χ3n) is 7.57. The van der Waals surface area contributed by atoms with Crippen molar-refractivity contribution < 1.29 is 13.9 Å². The lowest BCUT2D eigenvalue weighted by Crippen LogP contribution is -2.50. The number of hydrogen-bond acceptors (Lipinski definition) is 5. The van der Waals surface area contributed by atoms with Crippen molar-refractivity contribution >= 4 is 37.5 Å². The van der Waals surface area contributed by atoms with Gasteiger partial charge in [-0.1, -0.05) is 20.3 Å². The Bertz CT molecular complexity index is 1140. The zero-order chi connectivity index (χ0) is 26.0. The summed E-state index contributed by atoms with van der Waals surface area (Å²) in [6, 6.07) is 1.34. The van der Waals surface area contributed by atoms with Crippen LogP contribution >= 0.6 is 9.24 Å². The van der Waals surface area contributed by atoms with Gasteiger partial charge in [-0.25, -0.2) is 4.39 Å². The first-order valence-corrected chi connectivity index (χ1v) is 13.6. The minimum absolute atomic E-state index is 0.150. The first-order chi connectivity index (χ1) is 17.2. The fraction of sp³-hybridized carbons (Fsp3) is 0.593. The Morgan fingerprint density at radius 2 is 2.14 bits per heavy atom. The van der Waals surface area contributed by atoms with E-state index >= 15 is 4.39 Å². The molecule has 2 unspecified atom stereocenters. The zero-order valence-corrected chi connectivity index (χ0v) is 23.3. The van der Waals surface area contributed by atoms with Gasteiger partial charge in [-0.15, -0.1) is 9.24 Å². The number of morpholine rings is 1. The molecule has 1 N–H and O–H groups in total. The van der Waals surface area contributed by atoms with Crippen LogP contribution in [0.5, 0.6) is 0 Å². The standard InChI is InChI=1S/C27H39FN5O2P/c1-6-7-21(25-19-14-16(2)8-9-20(19)30-31-25)29-22-15-23(24(28)26(36)17(22)3)32(5)27(34)18(4)33-10-12-35-13-11-33/h15-16,18H,6-14,36H2,1-5H3,(H,30,31)/t16-,18?/m0/s1. The van der Waals surface area contributed by atoms with Gasteiger partial charge < -0.3 is 9.64 Å². The van der Waals surface area contributed by atoms with Gasteiger partial charge >= 0.3 is 0 Å². The molecule has 1 amide bonds. The molecule has 2 heterocycles. The normalized spacial score (nSPS) is 19.8. The number of rotatable bonds is 7. The van der Waals surface area contributed by atoms with Crippen LogP contribution in [0.1, 0.15) is 62.5 Å². The predicted molar refractivity (Wildman–Crippen MR) is 147 cm³/mol. The number of aryl methyl sites for hydroxylation is 1. The molecule has 0 spiro atoms. The van der Waals surface area contributed by atoms with Gasteiger partial charge in [0.2, 0.25) is 5.91 Å². The van der Waals surface area contributed by atoms with Crippen molar-refractivity contribution in [2.75, 3.05) is 38.3 Å². The smallest absolute Gasteiger partial charge is 0.243 e. The summed E-state index contributed by atoms with van der Waals surface area (Å²) >= 11 is 0. The molecule has 1 aromatic heterocycles. The van der Waals surface area contributed by atoms with Crippen molar-refractivity contribution in [3.8, 4) is 0 Å². The number of benzene rings is 1. The van der Waals surface area contributed by atoms with Gasteiger partial charge in [-0.3, -0.25) is 19.8 Å². The number of aromatic amines is 1. The molecule has 1 aromatic carbocycles. The molecule has 1 aliphatic heterocycles. The number of H-pyrrole nitrogens is 1. The molecular weight excluding hydrogens is 476 g/mol. The Hall–Kier alpha value is -2.15. The Morgan fingerprint density at radius 1 is 1.42 bits per heavy atom. The number of nitrogens with zero attached hydrogens (tertiary/aromatic N) is 4. The molecule has 2 aliphatic rings. The Balaban J connectivity index is 1.71. The van der Waals surface area contributed by atoms with E-state index in [1.54, 1.807) is 13.1 Å². The first-order valence-electron chi connectivity index (χ1n) is 13.0. The molecule has 0 saturated carbocycles. The van der Waals surface area contributed by atoms with Gasteiger partial charge in [-0.05, 0) is 57.1 Å².